The van der Waals surface area contributed by atoms with Crippen molar-refractivity contribution in [2.45, 2.75) is 30.9 Å². The highest BCUT2D eigenvalue weighted by atomic mass is 32.2. The molecule has 2 aromatic rings. The maximum atomic E-state index is 12.6. The molecule has 1 aromatic heterocycles. The minimum absolute atomic E-state index is 0.404. The molecule has 1 aromatic carbocycles. The summed E-state index contributed by atoms with van der Waals surface area (Å²) in [5.74, 6) is 1.32. The van der Waals surface area contributed by atoms with E-state index in [9.17, 15) is 8.42 Å². The van der Waals surface area contributed by atoms with Crippen molar-refractivity contribution in [2.75, 3.05) is 19.7 Å². The number of para-hydroxylation sites is 1. The molecular formula is C18H23NO3S2. The molecule has 0 aliphatic carbocycles. The minimum Gasteiger partial charge on any atom is -0.493 e. The van der Waals surface area contributed by atoms with Crippen LogP contribution in [0.15, 0.2) is 40.6 Å². The lowest BCUT2D eigenvalue weighted by Gasteiger charge is -2.30. The van der Waals surface area contributed by atoms with Gasteiger partial charge in [-0.3, -0.25) is 0 Å². The zero-order valence-corrected chi connectivity index (χ0v) is 15.7. The van der Waals surface area contributed by atoms with Crippen molar-refractivity contribution in [1.82, 2.24) is 4.31 Å². The first-order valence-electron chi connectivity index (χ1n) is 8.22. The van der Waals surface area contributed by atoms with Crippen LogP contribution in [-0.2, 0) is 10.0 Å². The topological polar surface area (TPSA) is 46.6 Å². The molecule has 130 valence electrons. The van der Waals surface area contributed by atoms with Crippen molar-refractivity contribution < 1.29 is 13.2 Å². The molecule has 3 rings (SSSR count). The Labute approximate surface area is 148 Å². The quantitative estimate of drug-likeness (QED) is 0.809. The van der Waals surface area contributed by atoms with E-state index in [1.807, 2.05) is 44.2 Å². The summed E-state index contributed by atoms with van der Waals surface area (Å²) in [6.07, 6.45) is 1.69. The number of hydrogen-bond acceptors (Lipinski definition) is 4. The van der Waals surface area contributed by atoms with Crippen LogP contribution < -0.4 is 4.74 Å². The van der Waals surface area contributed by atoms with E-state index in [0.29, 0.717) is 29.8 Å². The van der Waals surface area contributed by atoms with Crippen molar-refractivity contribution in [2.24, 2.45) is 5.92 Å². The molecule has 0 bridgehead atoms. The summed E-state index contributed by atoms with van der Waals surface area (Å²) in [5.41, 5.74) is 1.13. The molecule has 1 saturated heterocycles. The molecule has 0 amide bonds. The summed E-state index contributed by atoms with van der Waals surface area (Å²) in [5, 5.41) is 0. The van der Waals surface area contributed by atoms with E-state index in [-0.39, 0.29) is 0 Å². The Hall–Kier alpha value is -1.37. The molecule has 1 aliphatic rings. The molecule has 1 aliphatic heterocycles. The Morgan fingerprint density at radius 2 is 1.83 bits per heavy atom. The minimum atomic E-state index is -3.33. The van der Waals surface area contributed by atoms with Crippen molar-refractivity contribution >= 4 is 21.4 Å². The van der Waals surface area contributed by atoms with Crippen LogP contribution in [0, 0.1) is 19.8 Å². The van der Waals surface area contributed by atoms with Gasteiger partial charge in [-0.25, -0.2) is 8.42 Å². The average molecular weight is 366 g/mol. The fraction of sp³-hybridized carbons (Fsp3) is 0.444. The Bertz CT molecular complexity index is 790. The number of piperidine rings is 1. The Morgan fingerprint density at radius 3 is 2.46 bits per heavy atom. The molecule has 0 saturated carbocycles. The molecule has 0 atom stereocenters. The van der Waals surface area contributed by atoms with Crippen LogP contribution in [0.2, 0.25) is 0 Å². The van der Waals surface area contributed by atoms with Gasteiger partial charge in [0, 0.05) is 18.0 Å². The summed E-state index contributed by atoms with van der Waals surface area (Å²) >= 11 is 1.34. The molecule has 0 N–H and O–H groups in total. The van der Waals surface area contributed by atoms with Crippen LogP contribution >= 0.6 is 11.3 Å². The highest BCUT2D eigenvalue weighted by molar-refractivity contribution is 7.91. The van der Waals surface area contributed by atoms with Gasteiger partial charge in [0.2, 0.25) is 0 Å². The van der Waals surface area contributed by atoms with Gasteiger partial charge in [0.1, 0.15) is 9.96 Å². The van der Waals surface area contributed by atoms with Gasteiger partial charge in [-0.1, -0.05) is 18.2 Å². The number of thiophene rings is 1. The van der Waals surface area contributed by atoms with Crippen LogP contribution in [0.25, 0.3) is 0 Å². The van der Waals surface area contributed by atoms with E-state index in [0.717, 1.165) is 29.0 Å². The lowest BCUT2D eigenvalue weighted by atomic mass is 9.99. The molecule has 0 spiro atoms. The van der Waals surface area contributed by atoms with E-state index in [4.69, 9.17) is 4.74 Å². The van der Waals surface area contributed by atoms with Crippen molar-refractivity contribution in [3.8, 4) is 5.75 Å². The summed E-state index contributed by atoms with van der Waals surface area (Å²) in [6.45, 7) is 5.76. The zero-order valence-electron chi connectivity index (χ0n) is 14.1. The molecule has 0 unspecified atom stereocenters. The smallest absolute Gasteiger partial charge is 0.252 e. The van der Waals surface area contributed by atoms with E-state index < -0.39 is 10.0 Å². The predicted molar refractivity (Wildman–Crippen MR) is 97.2 cm³/mol. The normalized spacial score (nSPS) is 17.1. The number of ether oxygens (including phenoxy) is 1. The maximum Gasteiger partial charge on any atom is 0.252 e. The molecule has 6 heteroatoms. The van der Waals surface area contributed by atoms with Crippen LogP contribution in [0.1, 0.15) is 23.3 Å². The molecular weight excluding hydrogens is 342 g/mol. The van der Waals surface area contributed by atoms with Gasteiger partial charge < -0.3 is 4.74 Å². The van der Waals surface area contributed by atoms with Crippen molar-refractivity contribution in [3.05, 3.63) is 46.8 Å². The average Bonchev–Trinajstić information content (AvgIpc) is 3.02. The van der Waals surface area contributed by atoms with E-state index >= 15 is 0 Å². The number of aryl methyl sites for hydroxylation is 2. The van der Waals surface area contributed by atoms with Gasteiger partial charge in [-0.15, -0.1) is 11.3 Å². The number of sulfonamides is 1. The fourth-order valence-electron chi connectivity index (χ4n) is 2.92. The van der Waals surface area contributed by atoms with Crippen LogP contribution in [0.5, 0.6) is 5.75 Å². The highest BCUT2D eigenvalue weighted by Gasteiger charge is 2.30. The van der Waals surface area contributed by atoms with E-state index in [1.54, 1.807) is 10.4 Å². The van der Waals surface area contributed by atoms with Gasteiger partial charge in [-0.2, -0.15) is 4.31 Å². The first kappa shape index (κ1) is 17.5. The third kappa shape index (κ3) is 3.82. The van der Waals surface area contributed by atoms with Crippen LogP contribution in [0.3, 0.4) is 0 Å². The zero-order chi connectivity index (χ0) is 17.2. The SMILES string of the molecule is Cc1ccc(S(=O)(=O)N2CCC(COc3ccccc3C)CC2)s1. The molecule has 1 fully saturated rings. The van der Waals surface area contributed by atoms with Gasteiger partial charge in [0.05, 0.1) is 6.61 Å². The number of hydrogen-bond donors (Lipinski definition) is 0. The lowest BCUT2D eigenvalue weighted by Crippen LogP contribution is -2.39. The van der Waals surface area contributed by atoms with Crippen molar-refractivity contribution in [3.63, 3.8) is 0 Å². The van der Waals surface area contributed by atoms with E-state index in [1.165, 1.54) is 11.3 Å². The Balaban J connectivity index is 1.55. The second-order valence-electron chi connectivity index (χ2n) is 6.29. The predicted octanol–water partition coefficient (Wildman–Crippen LogP) is 3.84. The standard InChI is InChI=1S/C18H23NO3S2/c1-14-5-3-4-6-17(14)22-13-16-9-11-19(12-10-16)24(20,21)18-8-7-15(2)23-18/h3-8,16H,9-13H2,1-2H3. The monoisotopic (exact) mass is 365 g/mol. The van der Waals surface area contributed by atoms with Gasteiger partial charge in [-0.05, 0) is 56.4 Å². The summed E-state index contributed by atoms with van der Waals surface area (Å²) < 4.78 is 33.3. The second-order valence-corrected chi connectivity index (χ2v) is 9.74. The van der Waals surface area contributed by atoms with Gasteiger partial charge in [0.15, 0.2) is 0 Å². The van der Waals surface area contributed by atoms with Crippen molar-refractivity contribution in [1.29, 1.82) is 0 Å². The van der Waals surface area contributed by atoms with Crippen LogP contribution in [-0.4, -0.2) is 32.4 Å². The number of benzene rings is 1. The fourth-order valence-corrected chi connectivity index (χ4v) is 5.83. The first-order valence-corrected chi connectivity index (χ1v) is 10.5. The Kier molecular flexibility index (Phi) is 5.27. The van der Waals surface area contributed by atoms with E-state index in [2.05, 4.69) is 0 Å². The molecule has 2 heterocycles. The third-order valence-electron chi connectivity index (χ3n) is 4.45. The summed E-state index contributed by atoms with van der Waals surface area (Å²) in [4.78, 5) is 1.02. The molecule has 24 heavy (non-hydrogen) atoms. The largest absolute Gasteiger partial charge is 0.493 e. The summed E-state index contributed by atoms with van der Waals surface area (Å²) in [7, 11) is -3.33. The van der Waals surface area contributed by atoms with Gasteiger partial charge >= 0.3 is 0 Å². The molecule has 0 radical (unpaired) electrons. The summed E-state index contributed by atoms with van der Waals surface area (Å²) in [6, 6.07) is 11.6. The number of rotatable bonds is 5. The maximum absolute atomic E-state index is 12.6. The Morgan fingerprint density at radius 1 is 1.12 bits per heavy atom. The first-order chi connectivity index (χ1) is 11.5. The van der Waals surface area contributed by atoms with Crippen LogP contribution in [0.4, 0.5) is 0 Å². The lowest BCUT2D eigenvalue weighted by molar-refractivity contribution is 0.185. The third-order valence-corrected chi connectivity index (χ3v) is 7.82. The number of nitrogens with zero attached hydrogens (tertiary/aromatic N) is 1. The van der Waals surface area contributed by atoms with Gasteiger partial charge in [0.25, 0.3) is 10.0 Å². The highest BCUT2D eigenvalue weighted by Crippen LogP contribution is 2.28. The molecule has 4 nitrogen and oxygen atoms in total. The second kappa shape index (κ2) is 7.25.